The molecular weight excluding hydrogens is 533 g/mol. The smallest absolute Gasteiger partial charge is 0.166 e. The van der Waals surface area contributed by atoms with Crippen LogP contribution in [-0.2, 0) is 0 Å². The molecule has 0 spiro atoms. The summed E-state index contributed by atoms with van der Waals surface area (Å²) in [4.78, 5) is 9.70. The number of rotatable bonds is 6. The topological polar surface area (TPSA) is 76.0 Å². The first-order valence-electron chi connectivity index (χ1n) is 12.8. The molecule has 7 rings (SSSR count). The number of hydrogen-bond acceptors (Lipinski definition) is 8. The highest BCUT2D eigenvalue weighted by atomic mass is 32.2. The van der Waals surface area contributed by atoms with Gasteiger partial charge in [-0.15, -0.1) is 10.2 Å². The SMILES string of the molecule is c1ccc(-c2cccc(C3=NNC(c4cccc(-c5nnc(-c6cccc(-c7ccccc7)n6)s5)c4)S3)n2)cc1. The van der Waals surface area contributed by atoms with Crippen LogP contribution in [0.15, 0.2) is 126 Å². The third-order valence-corrected chi connectivity index (χ3v) is 8.58. The molecule has 0 saturated carbocycles. The number of nitrogens with one attached hydrogen (secondary N) is 1. The van der Waals surface area contributed by atoms with Gasteiger partial charge in [-0.2, -0.15) is 5.10 Å². The van der Waals surface area contributed by atoms with Crippen molar-refractivity contribution in [2.24, 2.45) is 5.10 Å². The molecule has 3 aromatic heterocycles. The van der Waals surface area contributed by atoms with Crippen molar-refractivity contribution < 1.29 is 0 Å². The second-order valence-electron chi connectivity index (χ2n) is 9.13. The van der Waals surface area contributed by atoms with Gasteiger partial charge in [-0.25, -0.2) is 9.97 Å². The Morgan fingerprint density at radius 1 is 0.525 bits per heavy atom. The minimum Gasteiger partial charge on any atom is -0.291 e. The van der Waals surface area contributed by atoms with Crippen molar-refractivity contribution in [3.05, 3.63) is 133 Å². The molecule has 0 amide bonds. The molecule has 192 valence electrons. The van der Waals surface area contributed by atoms with Crippen LogP contribution in [0.25, 0.3) is 43.8 Å². The first kappa shape index (κ1) is 24.4. The van der Waals surface area contributed by atoms with E-state index in [9.17, 15) is 0 Å². The van der Waals surface area contributed by atoms with Gasteiger partial charge in [-0.3, -0.25) is 5.43 Å². The summed E-state index contributed by atoms with van der Waals surface area (Å²) in [7, 11) is 0. The zero-order valence-corrected chi connectivity index (χ0v) is 22.8. The molecule has 0 aliphatic carbocycles. The fourth-order valence-electron chi connectivity index (χ4n) is 4.47. The maximum atomic E-state index is 4.86. The van der Waals surface area contributed by atoms with E-state index in [2.05, 4.69) is 69.3 Å². The molecule has 1 unspecified atom stereocenters. The standard InChI is InChI=1S/C32H22N6S2/c1-3-10-21(11-4-1)25-16-8-18-27(33-25)31-37-35-29(39-31)23-14-7-15-24(20-23)30-36-38-32(40-30)28-19-9-17-26(34-28)22-12-5-2-6-13-22/h1-20,29,35H. The third kappa shape index (κ3) is 5.02. The molecule has 8 heteroatoms. The predicted molar refractivity (Wildman–Crippen MR) is 164 cm³/mol. The average molecular weight is 555 g/mol. The van der Waals surface area contributed by atoms with E-state index in [1.165, 1.54) is 0 Å². The van der Waals surface area contributed by atoms with Gasteiger partial charge in [0.1, 0.15) is 21.1 Å². The molecule has 1 atom stereocenters. The summed E-state index contributed by atoms with van der Waals surface area (Å²) in [5, 5.41) is 16.1. The van der Waals surface area contributed by atoms with E-state index in [0.29, 0.717) is 0 Å². The number of aromatic nitrogens is 4. The Bertz CT molecular complexity index is 1820. The number of hydrazone groups is 1. The monoisotopic (exact) mass is 554 g/mol. The summed E-state index contributed by atoms with van der Waals surface area (Å²) in [6.07, 6.45) is 0. The van der Waals surface area contributed by atoms with Crippen LogP contribution in [0.1, 0.15) is 16.6 Å². The lowest BCUT2D eigenvalue weighted by atomic mass is 10.1. The van der Waals surface area contributed by atoms with Gasteiger partial charge < -0.3 is 0 Å². The molecule has 6 aromatic rings. The predicted octanol–water partition coefficient (Wildman–Crippen LogP) is 7.69. The zero-order valence-electron chi connectivity index (χ0n) is 21.2. The molecular formula is C32H22N6S2. The average Bonchev–Trinajstić information content (AvgIpc) is 3.74. The van der Waals surface area contributed by atoms with E-state index < -0.39 is 0 Å². The first-order valence-corrected chi connectivity index (χ1v) is 14.5. The molecule has 1 aliphatic heterocycles. The summed E-state index contributed by atoms with van der Waals surface area (Å²) in [6.45, 7) is 0. The fraction of sp³-hybridized carbons (Fsp3) is 0.0312. The number of pyridine rings is 2. The molecule has 40 heavy (non-hydrogen) atoms. The second kappa shape index (κ2) is 10.8. The lowest BCUT2D eigenvalue weighted by Crippen LogP contribution is -2.06. The number of nitrogens with zero attached hydrogens (tertiary/aromatic N) is 5. The quantitative estimate of drug-likeness (QED) is 0.227. The molecule has 0 saturated heterocycles. The Labute approximate surface area is 239 Å². The van der Waals surface area contributed by atoms with Gasteiger partial charge in [0.05, 0.1) is 17.1 Å². The summed E-state index contributed by atoms with van der Waals surface area (Å²) in [5.41, 5.74) is 11.1. The number of thioether (sulfide) groups is 1. The van der Waals surface area contributed by atoms with Crippen molar-refractivity contribution in [3.8, 4) is 43.8 Å². The van der Waals surface area contributed by atoms with E-state index in [1.807, 2.05) is 72.8 Å². The normalized spacial score (nSPS) is 14.5. The highest BCUT2D eigenvalue weighted by Gasteiger charge is 2.24. The van der Waals surface area contributed by atoms with Crippen molar-refractivity contribution in [1.29, 1.82) is 0 Å². The maximum absolute atomic E-state index is 4.86. The van der Waals surface area contributed by atoms with Crippen LogP contribution in [0.2, 0.25) is 0 Å². The molecule has 3 aromatic carbocycles. The van der Waals surface area contributed by atoms with Crippen molar-refractivity contribution in [2.45, 2.75) is 5.37 Å². The lowest BCUT2D eigenvalue weighted by Gasteiger charge is -2.10. The minimum atomic E-state index is -0.0197. The molecule has 0 radical (unpaired) electrons. The van der Waals surface area contributed by atoms with Crippen LogP contribution in [-0.4, -0.2) is 25.2 Å². The lowest BCUT2D eigenvalue weighted by molar-refractivity contribution is 0.744. The largest absolute Gasteiger partial charge is 0.291 e. The Balaban J connectivity index is 1.09. The third-order valence-electron chi connectivity index (χ3n) is 6.45. The van der Waals surface area contributed by atoms with Gasteiger partial charge >= 0.3 is 0 Å². The fourth-order valence-corrected chi connectivity index (χ4v) is 6.23. The van der Waals surface area contributed by atoms with Crippen molar-refractivity contribution >= 4 is 28.1 Å². The highest BCUT2D eigenvalue weighted by Crippen LogP contribution is 2.37. The van der Waals surface area contributed by atoms with Gasteiger partial charge in [0.25, 0.3) is 0 Å². The van der Waals surface area contributed by atoms with E-state index in [1.54, 1.807) is 23.1 Å². The van der Waals surface area contributed by atoms with E-state index >= 15 is 0 Å². The van der Waals surface area contributed by atoms with Crippen LogP contribution in [0.3, 0.4) is 0 Å². The first-order chi connectivity index (χ1) is 19.8. The summed E-state index contributed by atoms with van der Waals surface area (Å²) in [5.74, 6) is 0. The summed E-state index contributed by atoms with van der Waals surface area (Å²) >= 11 is 3.20. The van der Waals surface area contributed by atoms with Gasteiger partial charge in [-0.05, 0) is 35.9 Å². The van der Waals surface area contributed by atoms with E-state index in [0.717, 1.165) is 60.1 Å². The second-order valence-corrected chi connectivity index (χ2v) is 11.2. The number of hydrogen-bond donors (Lipinski definition) is 1. The van der Waals surface area contributed by atoms with Crippen LogP contribution in [0.5, 0.6) is 0 Å². The van der Waals surface area contributed by atoms with Crippen LogP contribution < -0.4 is 5.43 Å². The minimum absolute atomic E-state index is 0.0197. The van der Waals surface area contributed by atoms with Crippen molar-refractivity contribution in [3.63, 3.8) is 0 Å². The molecule has 0 fully saturated rings. The zero-order chi connectivity index (χ0) is 26.7. The maximum Gasteiger partial charge on any atom is 0.166 e. The van der Waals surface area contributed by atoms with Gasteiger partial charge in [0.2, 0.25) is 0 Å². The number of benzene rings is 3. The highest BCUT2D eigenvalue weighted by molar-refractivity contribution is 8.14. The van der Waals surface area contributed by atoms with Gasteiger partial charge in [-0.1, -0.05) is 114 Å². The van der Waals surface area contributed by atoms with Crippen molar-refractivity contribution in [1.82, 2.24) is 25.6 Å². The molecule has 4 heterocycles. The van der Waals surface area contributed by atoms with Crippen LogP contribution >= 0.6 is 23.1 Å². The van der Waals surface area contributed by atoms with E-state index in [-0.39, 0.29) is 5.37 Å². The Kier molecular flexibility index (Phi) is 6.61. The summed E-state index contributed by atoms with van der Waals surface area (Å²) < 4.78 is 0. The Hall–Kier alpha value is -4.66. The van der Waals surface area contributed by atoms with Gasteiger partial charge in [0, 0.05) is 16.7 Å². The summed E-state index contributed by atoms with van der Waals surface area (Å²) in [6, 6.07) is 40.8. The molecule has 6 nitrogen and oxygen atoms in total. The Morgan fingerprint density at radius 2 is 1.10 bits per heavy atom. The van der Waals surface area contributed by atoms with Crippen LogP contribution in [0.4, 0.5) is 0 Å². The van der Waals surface area contributed by atoms with Gasteiger partial charge in [0.15, 0.2) is 5.01 Å². The molecule has 1 N–H and O–H groups in total. The molecule has 1 aliphatic rings. The molecule has 0 bridgehead atoms. The van der Waals surface area contributed by atoms with Crippen LogP contribution in [0, 0.1) is 0 Å². The van der Waals surface area contributed by atoms with E-state index in [4.69, 9.17) is 9.97 Å². The Morgan fingerprint density at radius 3 is 1.82 bits per heavy atom. The van der Waals surface area contributed by atoms with Crippen molar-refractivity contribution in [2.75, 3.05) is 0 Å².